The van der Waals surface area contributed by atoms with Crippen LogP contribution in [0.5, 0.6) is 0 Å². The Morgan fingerprint density at radius 3 is 2.69 bits per heavy atom. The molecule has 2 rings (SSSR count). The summed E-state index contributed by atoms with van der Waals surface area (Å²) in [6.07, 6.45) is 3.43. The maximum absolute atomic E-state index is 11.3. The van der Waals surface area contributed by atoms with Crippen molar-refractivity contribution < 1.29 is 4.79 Å². The molecule has 0 aromatic rings. The van der Waals surface area contributed by atoms with Crippen LogP contribution in [-0.4, -0.2) is 5.78 Å². The number of ketones is 1. The molecule has 3 atom stereocenters. The molecule has 0 aliphatic heterocycles. The predicted molar refractivity (Wildman–Crippen MR) is 53.3 cm³/mol. The highest BCUT2D eigenvalue weighted by Crippen LogP contribution is 2.64. The minimum absolute atomic E-state index is 0.225. The molecule has 1 heteroatoms. The van der Waals surface area contributed by atoms with Gasteiger partial charge < -0.3 is 0 Å². The third-order valence-electron chi connectivity index (χ3n) is 4.11. The van der Waals surface area contributed by atoms with Crippen molar-refractivity contribution in [3.05, 3.63) is 11.6 Å². The lowest BCUT2D eigenvalue weighted by Gasteiger charge is -2.18. The van der Waals surface area contributed by atoms with Crippen LogP contribution in [-0.2, 0) is 4.79 Å². The van der Waals surface area contributed by atoms with E-state index in [9.17, 15) is 4.79 Å². The first-order chi connectivity index (χ1) is 5.94. The van der Waals surface area contributed by atoms with Crippen molar-refractivity contribution in [2.75, 3.05) is 0 Å². The summed E-state index contributed by atoms with van der Waals surface area (Å²) in [5.41, 5.74) is 1.77. The minimum Gasteiger partial charge on any atom is -0.299 e. The molecule has 0 saturated heterocycles. The molecule has 0 aromatic heterocycles. The number of hydrogen-bond donors (Lipinski definition) is 0. The largest absolute Gasteiger partial charge is 0.299 e. The lowest BCUT2D eigenvalue weighted by Crippen LogP contribution is -2.16. The van der Waals surface area contributed by atoms with Crippen LogP contribution < -0.4 is 0 Å². The second-order valence-electron chi connectivity index (χ2n) is 5.26. The average Bonchev–Trinajstić information content (AvgIpc) is 2.52. The summed E-state index contributed by atoms with van der Waals surface area (Å²) < 4.78 is 0. The summed E-state index contributed by atoms with van der Waals surface area (Å²) in [5.74, 6) is 2.09. The minimum atomic E-state index is 0.225. The van der Waals surface area contributed by atoms with Crippen LogP contribution in [0.3, 0.4) is 0 Å². The Morgan fingerprint density at radius 1 is 1.54 bits per heavy atom. The van der Waals surface area contributed by atoms with Crippen LogP contribution in [0.15, 0.2) is 11.6 Å². The van der Waals surface area contributed by atoms with Gasteiger partial charge in [-0.1, -0.05) is 25.5 Å². The van der Waals surface area contributed by atoms with E-state index in [4.69, 9.17) is 0 Å². The van der Waals surface area contributed by atoms with Crippen LogP contribution in [0.25, 0.3) is 0 Å². The molecule has 0 spiro atoms. The van der Waals surface area contributed by atoms with Gasteiger partial charge in [-0.3, -0.25) is 4.79 Å². The van der Waals surface area contributed by atoms with Crippen molar-refractivity contribution in [1.82, 2.24) is 0 Å². The molecule has 0 heterocycles. The molecule has 1 fully saturated rings. The first-order valence-corrected chi connectivity index (χ1v) is 5.13. The molecule has 72 valence electrons. The first-order valence-electron chi connectivity index (χ1n) is 5.13. The molecule has 0 N–H and O–H groups in total. The van der Waals surface area contributed by atoms with Gasteiger partial charge in [0.1, 0.15) is 5.78 Å². The second kappa shape index (κ2) is 2.46. The van der Waals surface area contributed by atoms with Gasteiger partial charge in [0.15, 0.2) is 0 Å². The van der Waals surface area contributed by atoms with Gasteiger partial charge in [-0.05, 0) is 37.5 Å². The summed E-state index contributed by atoms with van der Waals surface area (Å²) in [5, 5.41) is 0. The highest BCUT2D eigenvalue weighted by atomic mass is 16.1. The Kier molecular flexibility index (Phi) is 1.70. The van der Waals surface area contributed by atoms with Crippen molar-refractivity contribution in [2.45, 2.75) is 34.1 Å². The number of fused-ring (bicyclic) bond motifs is 1. The van der Waals surface area contributed by atoms with E-state index < -0.39 is 0 Å². The Hall–Kier alpha value is -0.590. The van der Waals surface area contributed by atoms with Gasteiger partial charge in [0.25, 0.3) is 0 Å². The molecular formula is C12H18O. The second-order valence-corrected chi connectivity index (χ2v) is 5.26. The monoisotopic (exact) mass is 178 g/mol. The quantitative estimate of drug-likeness (QED) is 0.564. The fraction of sp³-hybridized carbons (Fsp3) is 0.750. The lowest BCUT2D eigenvalue weighted by atomic mass is 9.86. The molecule has 0 radical (unpaired) electrons. The van der Waals surface area contributed by atoms with Crippen molar-refractivity contribution in [1.29, 1.82) is 0 Å². The molecule has 1 nitrogen and oxygen atoms in total. The van der Waals surface area contributed by atoms with E-state index in [0.717, 1.165) is 18.3 Å². The molecule has 0 aromatic carbocycles. The highest BCUT2D eigenvalue weighted by molar-refractivity contribution is 5.81. The summed E-state index contributed by atoms with van der Waals surface area (Å²) in [6, 6.07) is 0. The highest BCUT2D eigenvalue weighted by Gasteiger charge is 2.58. The van der Waals surface area contributed by atoms with Crippen molar-refractivity contribution in [3.63, 3.8) is 0 Å². The topological polar surface area (TPSA) is 17.1 Å². The fourth-order valence-electron chi connectivity index (χ4n) is 2.89. The van der Waals surface area contributed by atoms with E-state index >= 15 is 0 Å². The molecule has 0 unspecified atom stereocenters. The van der Waals surface area contributed by atoms with Crippen LogP contribution in [0.1, 0.15) is 34.1 Å². The van der Waals surface area contributed by atoms with Crippen LogP contribution in [0, 0.1) is 23.2 Å². The van der Waals surface area contributed by atoms with Crippen molar-refractivity contribution >= 4 is 5.78 Å². The van der Waals surface area contributed by atoms with Gasteiger partial charge in [0.2, 0.25) is 0 Å². The molecule has 2 aliphatic rings. The van der Waals surface area contributed by atoms with Crippen LogP contribution in [0.4, 0.5) is 0 Å². The van der Waals surface area contributed by atoms with Crippen LogP contribution >= 0.6 is 0 Å². The van der Waals surface area contributed by atoms with Gasteiger partial charge >= 0.3 is 0 Å². The van der Waals surface area contributed by atoms with Crippen molar-refractivity contribution in [2.24, 2.45) is 23.2 Å². The number of carbonyl (C=O) groups is 1. The summed E-state index contributed by atoms with van der Waals surface area (Å²) >= 11 is 0. The van der Waals surface area contributed by atoms with E-state index in [2.05, 4.69) is 26.8 Å². The van der Waals surface area contributed by atoms with E-state index in [1.165, 1.54) is 5.57 Å². The zero-order valence-corrected chi connectivity index (χ0v) is 8.92. The van der Waals surface area contributed by atoms with Gasteiger partial charge in [-0.2, -0.15) is 0 Å². The number of hydrogen-bond acceptors (Lipinski definition) is 1. The van der Waals surface area contributed by atoms with E-state index in [1.807, 2.05) is 0 Å². The molecule has 13 heavy (non-hydrogen) atoms. The average molecular weight is 178 g/mol. The van der Waals surface area contributed by atoms with Crippen LogP contribution in [0.2, 0.25) is 0 Å². The van der Waals surface area contributed by atoms with Gasteiger partial charge in [-0.25, -0.2) is 0 Å². The van der Waals surface area contributed by atoms with E-state index in [-0.39, 0.29) is 5.92 Å². The normalized spacial score (nSPS) is 40.6. The molecule has 1 saturated carbocycles. The summed E-state index contributed by atoms with van der Waals surface area (Å²) in [4.78, 5) is 11.3. The SMILES string of the molecule is CC(=O)[C@@H]1C[C@@H]2[C@@H](C=C1C)C2(C)C. The Morgan fingerprint density at radius 2 is 2.15 bits per heavy atom. The smallest absolute Gasteiger partial charge is 0.136 e. The third-order valence-corrected chi connectivity index (χ3v) is 4.11. The first kappa shape index (κ1) is 8.98. The maximum atomic E-state index is 11.3. The molecule has 0 amide bonds. The molecular weight excluding hydrogens is 160 g/mol. The molecule has 2 aliphatic carbocycles. The summed E-state index contributed by atoms with van der Waals surface area (Å²) in [7, 11) is 0. The van der Waals surface area contributed by atoms with Gasteiger partial charge in [0, 0.05) is 5.92 Å². The number of Topliss-reactive ketones (excluding diaryl/α,β-unsaturated/α-hetero) is 1. The number of allylic oxidation sites excluding steroid dienone is 2. The van der Waals surface area contributed by atoms with Gasteiger partial charge in [0.05, 0.1) is 0 Å². The summed E-state index contributed by atoms with van der Waals surface area (Å²) in [6.45, 7) is 8.46. The molecule has 0 bridgehead atoms. The Balaban J connectivity index is 2.21. The Labute approximate surface area is 80.2 Å². The third kappa shape index (κ3) is 1.17. The van der Waals surface area contributed by atoms with Gasteiger partial charge in [-0.15, -0.1) is 0 Å². The lowest BCUT2D eigenvalue weighted by molar-refractivity contribution is -0.120. The van der Waals surface area contributed by atoms with E-state index in [1.54, 1.807) is 6.92 Å². The zero-order valence-electron chi connectivity index (χ0n) is 8.92. The number of carbonyl (C=O) groups excluding carboxylic acids is 1. The van der Waals surface area contributed by atoms with E-state index in [0.29, 0.717) is 11.2 Å². The maximum Gasteiger partial charge on any atom is 0.136 e. The predicted octanol–water partition coefficient (Wildman–Crippen LogP) is 2.81. The standard InChI is InChI=1S/C12H18O/c1-7-5-10-11(12(10,3)4)6-9(7)8(2)13/h5,9-11H,6H2,1-4H3/t9-,10-,11-/m1/s1. The van der Waals surface area contributed by atoms with Crippen molar-refractivity contribution in [3.8, 4) is 0 Å². The number of rotatable bonds is 1. The fourth-order valence-corrected chi connectivity index (χ4v) is 2.89. The zero-order chi connectivity index (χ0) is 9.80. The Bertz CT molecular complexity index is 285.